The van der Waals surface area contributed by atoms with Gasteiger partial charge in [0.25, 0.3) is 0 Å². The van der Waals surface area contributed by atoms with Crippen molar-refractivity contribution in [2.24, 2.45) is 0 Å². The molecule has 0 aliphatic rings. The average Bonchev–Trinajstić information content (AvgIpc) is 3.90. The zero-order valence-corrected chi connectivity index (χ0v) is 29.5. The molecule has 52 heavy (non-hydrogen) atoms. The van der Waals surface area contributed by atoms with E-state index in [1.807, 2.05) is 22.7 Å². The van der Waals surface area contributed by atoms with E-state index in [1.54, 1.807) is 0 Å². The van der Waals surface area contributed by atoms with Gasteiger partial charge in [-0.3, -0.25) is 0 Å². The summed E-state index contributed by atoms with van der Waals surface area (Å²) in [5.74, 6) is 0. The van der Waals surface area contributed by atoms with E-state index in [4.69, 9.17) is 4.42 Å². The van der Waals surface area contributed by atoms with Crippen LogP contribution < -0.4 is 4.90 Å². The van der Waals surface area contributed by atoms with Gasteiger partial charge in [0.2, 0.25) is 0 Å². The van der Waals surface area contributed by atoms with Gasteiger partial charge in [-0.1, -0.05) is 121 Å². The summed E-state index contributed by atoms with van der Waals surface area (Å²) < 4.78 is 11.7. The van der Waals surface area contributed by atoms with Crippen molar-refractivity contribution in [3.05, 3.63) is 176 Å². The Hall–Kier alpha value is -6.20. The Morgan fingerprint density at radius 2 is 1.04 bits per heavy atom. The zero-order chi connectivity index (χ0) is 34.2. The van der Waals surface area contributed by atoms with E-state index in [0.717, 1.165) is 39.0 Å². The van der Waals surface area contributed by atoms with Gasteiger partial charge in [0.15, 0.2) is 0 Å². The summed E-state index contributed by atoms with van der Waals surface area (Å²) in [5, 5.41) is 7.37. The van der Waals surface area contributed by atoms with Crippen LogP contribution in [0.4, 0.5) is 17.1 Å². The van der Waals surface area contributed by atoms with Crippen molar-refractivity contribution >= 4 is 102 Å². The summed E-state index contributed by atoms with van der Waals surface area (Å²) in [6, 6.07) is 63.6. The monoisotopic (exact) mass is 699 g/mol. The summed E-state index contributed by atoms with van der Waals surface area (Å²) in [5.41, 5.74) is 9.97. The molecule has 0 bridgehead atoms. The number of hydrogen-bond donors (Lipinski definition) is 0. The minimum atomic E-state index is 0.882. The van der Waals surface area contributed by atoms with Crippen molar-refractivity contribution < 1.29 is 4.42 Å². The fourth-order valence-electron chi connectivity index (χ4n) is 7.94. The van der Waals surface area contributed by atoms with Crippen LogP contribution in [0.3, 0.4) is 0 Å². The second-order valence-corrected chi connectivity index (χ2v) is 15.4. The van der Waals surface area contributed by atoms with Crippen LogP contribution in [0.15, 0.2) is 180 Å². The number of fused-ring (bicyclic) bond motifs is 9. The van der Waals surface area contributed by atoms with Gasteiger partial charge in [0.1, 0.15) is 11.2 Å². The van der Waals surface area contributed by atoms with Crippen molar-refractivity contribution in [2.45, 2.75) is 0 Å². The van der Waals surface area contributed by atoms with Gasteiger partial charge in [-0.2, -0.15) is 0 Å². The van der Waals surface area contributed by atoms with Gasteiger partial charge in [-0.15, -0.1) is 22.7 Å². The summed E-state index contributed by atoms with van der Waals surface area (Å²) in [6.07, 6.45) is 0. The Bertz CT molecular complexity index is 3130. The molecular formula is C48H29NOS2. The molecule has 0 unspecified atom stereocenters. The molecule has 244 valence electrons. The lowest BCUT2D eigenvalue weighted by Crippen LogP contribution is -2.10. The molecule has 0 saturated carbocycles. The van der Waals surface area contributed by atoms with Crippen LogP contribution in [0, 0.1) is 0 Å². The van der Waals surface area contributed by atoms with Crippen molar-refractivity contribution in [1.29, 1.82) is 0 Å². The second kappa shape index (κ2) is 11.7. The zero-order valence-electron chi connectivity index (χ0n) is 27.9. The molecule has 11 rings (SSSR count). The quantitative estimate of drug-likeness (QED) is 0.178. The van der Waals surface area contributed by atoms with E-state index in [1.165, 1.54) is 62.6 Å². The maximum atomic E-state index is 6.52. The van der Waals surface area contributed by atoms with Crippen molar-refractivity contribution in [3.8, 4) is 22.3 Å². The Kier molecular flexibility index (Phi) is 6.63. The van der Waals surface area contributed by atoms with Gasteiger partial charge < -0.3 is 9.32 Å². The molecule has 0 aliphatic carbocycles. The smallest absolute Gasteiger partial charge is 0.136 e. The van der Waals surface area contributed by atoms with Crippen molar-refractivity contribution in [2.75, 3.05) is 4.90 Å². The molecule has 0 N–H and O–H groups in total. The Balaban J connectivity index is 1.22. The summed E-state index contributed by atoms with van der Waals surface area (Å²) in [6.45, 7) is 0. The number of anilines is 3. The largest absolute Gasteiger partial charge is 0.456 e. The number of nitrogens with zero attached hydrogens (tertiary/aromatic N) is 1. The predicted octanol–water partition coefficient (Wildman–Crippen LogP) is 15.1. The Labute approximate surface area is 308 Å². The topological polar surface area (TPSA) is 16.4 Å². The van der Waals surface area contributed by atoms with E-state index in [2.05, 4.69) is 181 Å². The molecule has 0 amide bonds. The molecule has 0 fully saturated rings. The lowest BCUT2D eigenvalue weighted by atomic mass is 9.98. The first-order chi connectivity index (χ1) is 25.8. The number of rotatable bonds is 5. The molecule has 0 atom stereocenters. The summed E-state index contributed by atoms with van der Waals surface area (Å²) in [7, 11) is 0. The van der Waals surface area contributed by atoms with Gasteiger partial charge >= 0.3 is 0 Å². The first kappa shape index (κ1) is 29.5. The van der Waals surface area contributed by atoms with Crippen LogP contribution in [0.25, 0.3) is 84.5 Å². The molecule has 8 aromatic carbocycles. The molecule has 0 aliphatic heterocycles. The van der Waals surface area contributed by atoms with Crippen molar-refractivity contribution in [1.82, 2.24) is 0 Å². The Morgan fingerprint density at radius 1 is 0.385 bits per heavy atom. The number of hydrogen-bond acceptors (Lipinski definition) is 4. The Morgan fingerprint density at radius 3 is 1.85 bits per heavy atom. The van der Waals surface area contributed by atoms with Crippen LogP contribution in [-0.4, -0.2) is 0 Å². The van der Waals surface area contributed by atoms with Gasteiger partial charge in [0.05, 0.1) is 5.69 Å². The molecule has 11 aromatic rings. The molecule has 3 aromatic heterocycles. The summed E-state index contributed by atoms with van der Waals surface area (Å²) in [4.78, 5) is 2.46. The highest BCUT2D eigenvalue weighted by Crippen LogP contribution is 2.50. The summed E-state index contributed by atoms with van der Waals surface area (Å²) >= 11 is 3.73. The van der Waals surface area contributed by atoms with E-state index in [-0.39, 0.29) is 0 Å². The fraction of sp³-hybridized carbons (Fsp3) is 0. The third-order valence-electron chi connectivity index (χ3n) is 10.3. The van der Waals surface area contributed by atoms with Crippen LogP contribution in [0.5, 0.6) is 0 Å². The van der Waals surface area contributed by atoms with E-state index in [9.17, 15) is 0 Å². The highest BCUT2D eigenvalue weighted by Gasteiger charge is 2.23. The first-order valence-electron chi connectivity index (χ1n) is 17.5. The second-order valence-electron chi connectivity index (χ2n) is 13.2. The highest BCUT2D eigenvalue weighted by molar-refractivity contribution is 7.26. The first-order valence-corrected chi connectivity index (χ1v) is 19.1. The lowest BCUT2D eigenvalue weighted by molar-refractivity contribution is 0.669. The van der Waals surface area contributed by atoms with E-state index >= 15 is 0 Å². The minimum absolute atomic E-state index is 0.882. The average molecular weight is 700 g/mol. The third kappa shape index (κ3) is 4.55. The van der Waals surface area contributed by atoms with E-state index < -0.39 is 0 Å². The predicted molar refractivity (Wildman–Crippen MR) is 225 cm³/mol. The molecule has 0 radical (unpaired) electrons. The van der Waals surface area contributed by atoms with Gasteiger partial charge in [-0.05, 0) is 76.9 Å². The molecular weight excluding hydrogens is 671 g/mol. The maximum Gasteiger partial charge on any atom is 0.136 e. The molecule has 0 spiro atoms. The van der Waals surface area contributed by atoms with Crippen molar-refractivity contribution in [3.63, 3.8) is 0 Å². The molecule has 0 saturated heterocycles. The third-order valence-corrected chi connectivity index (χ3v) is 12.6. The maximum absolute atomic E-state index is 6.52. The molecule has 4 heteroatoms. The SMILES string of the molecule is c1ccc(-c2ccc(N(c3ccc4c(c3)sc3ccccc34)c3ccc4oc5cccc(-c6ccccc6)c5c4c3)c3c2sc2ccccc23)cc1. The van der Waals surface area contributed by atoms with Crippen LogP contribution in [0.2, 0.25) is 0 Å². The standard InChI is InChI=1S/C48H29NOS2/c1-3-12-30(13-4-1)34-18-11-19-42-46(34)39-28-32(23-27-41(39)50-42)49(33-22-24-37-36-16-7-9-20-43(36)51-45(37)29-33)40-26-25-35(31-14-5-2-6-15-31)48-47(40)38-17-8-10-21-44(38)52-48/h1-29H. The lowest BCUT2D eigenvalue weighted by Gasteiger charge is -2.27. The number of benzene rings is 8. The number of furan rings is 1. The van der Waals surface area contributed by atoms with Crippen LogP contribution in [0.1, 0.15) is 0 Å². The molecule has 3 heterocycles. The fourth-order valence-corrected chi connectivity index (χ4v) is 10.3. The van der Waals surface area contributed by atoms with Gasteiger partial charge in [-0.25, -0.2) is 0 Å². The van der Waals surface area contributed by atoms with Gasteiger partial charge in [0, 0.05) is 62.5 Å². The minimum Gasteiger partial charge on any atom is -0.456 e. The highest BCUT2D eigenvalue weighted by atomic mass is 32.1. The normalized spacial score (nSPS) is 11.8. The van der Waals surface area contributed by atoms with Crippen LogP contribution in [-0.2, 0) is 0 Å². The van der Waals surface area contributed by atoms with Crippen LogP contribution >= 0.6 is 22.7 Å². The molecule has 2 nitrogen and oxygen atoms in total. The van der Waals surface area contributed by atoms with E-state index in [0.29, 0.717) is 0 Å². The number of thiophene rings is 2.